The lowest BCUT2D eigenvalue weighted by Gasteiger charge is -2.52. The van der Waals surface area contributed by atoms with Crippen molar-refractivity contribution in [1.29, 1.82) is 0 Å². The van der Waals surface area contributed by atoms with Crippen molar-refractivity contribution in [3.63, 3.8) is 0 Å². The summed E-state index contributed by atoms with van der Waals surface area (Å²) in [6, 6.07) is 0.753. The average Bonchev–Trinajstić information content (AvgIpc) is 2.18. The van der Waals surface area contributed by atoms with Gasteiger partial charge in [-0.2, -0.15) is 0 Å². The lowest BCUT2D eigenvalue weighted by molar-refractivity contribution is -0.125. The molecule has 2 nitrogen and oxygen atoms in total. The van der Waals surface area contributed by atoms with Gasteiger partial charge in [-0.3, -0.25) is 4.90 Å². The highest BCUT2D eigenvalue weighted by molar-refractivity contribution is 4.98. The van der Waals surface area contributed by atoms with Crippen LogP contribution < -0.4 is 0 Å². The topological polar surface area (TPSA) is 23.5 Å². The minimum Gasteiger partial charge on any atom is -0.387 e. The smallest absolute Gasteiger partial charge is 0.0897 e. The molecule has 2 rings (SSSR count). The molecule has 2 heteroatoms. The lowest BCUT2D eigenvalue weighted by atomic mass is 9.76. The number of aliphatic hydroxyl groups is 1. The fraction of sp³-hybridized carbons (Fsp3) is 1.00. The van der Waals surface area contributed by atoms with Gasteiger partial charge < -0.3 is 5.11 Å². The number of hydrogen-bond acceptors (Lipinski definition) is 2. The number of nitrogens with zero attached hydrogens (tertiary/aromatic N) is 1. The number of β-amino-alcohol motifs (C(OH)–C–C–N with tert-alkyl or cyclic N) is 1. The van der Waals surface area contributed by atoms with Crippen LogP contribution in [0.5, 0.6) is 0 Å². The summed E-state index contributed by atoms with van der Waals surface area (Å²) in [5.74, 6) is 1.76. The monoisotopic (exact) mass is 211 g/mol. The maximum atomic E-state index is 10.00. The Morgan fingerprint density at radius 3 is 2.40 bits per heavy atom. The molecule has 3 atom stereocenters. The van der Waals surface area contributed by atoms with E-state index < -0.39 is 0 Å². The highest BCUT2D eigenvalue weighted by atomic mass is 16.3. The Kier molecular flexibility index (Phi) is 3.09. The van der Waals surface area contributed by atoms with Crippen LogP contribution in [0.4, 0.5) is 0 Å². The van der Waals surface area contributed by atoms with Crippen molar-refractivity contribution in [3.05, 3.63) is 0 Å². The molecule has 0 bridgehead atoms. The molecule has 1 saturated heterocycles. The van der Waals surface area contributed by atoms with E-state index in [9.17, 15) is 5.11 Å². The molecular formula is C13H25NO. The summed E-state index contributed by atoms with van der Waals surface area (Å²) >= 11 is 0. The summed E-state index contributed by atoms with van der Waals surface area (Å²) in [6.07, 6.45) is 4.95. The molecular weight excluding hydrogens is 186 g/mol. The van der Waals surface area contributed by atoms with E-state index in [1.54, 1.807) is 0 Å². The first kappa shape index (κ1) is 11.4. The molecule has 0 radical (unpaired) electrons. The lowest BCUT2D eigenvalue weighted by Crippen LogP contribution is -2.64. The second-order valence-corrected chi connectivity index (χ2v) is 5.90. The maximum Gasteiger partial charge on any atom is 0.0897 e. The molecule has 2 aliphatic rings. The van der Waals surface area contributed by atoms with Gasteiger partial charge in [-0.25, -0.2) is 0 Å². The summed E-state index contributed by atoms with van der Waals surface area (Å²) in [5.41, 5.74) is -0.355. The number of rotatable bonds is 2. The molecule has 0 aromatic heterocycles. The van der Waals surface area contributed by atoms with Crippen molar-refractivity contribution >= 4 is 0 Å². The van der Waals surface area contributed by atoms with Crippen molar-refractivity contribution in [2.45, 2.75) is 58.1 Å². The van der Waals surface area contributed by atoms with Gasteiger partial charge in [0.15, 0.2) is 0 Å². The fourth-order valence-corrected chi connectivity index (χ4v) is 3.04. The third-order valence-corrected chi connectivity index (χ3v) is 4.74. The zero-order valence-electron chi connectivity index (χ0n) is 10.4. The molecule has 0 aromatic rings. The molecule has 88 valence electrons. The SMILES string of the molecule is CCC1(O)CN(C2CCC(C)C(C)C2)C1. The molecule has 0 amide bonds. The second-order valence-electron chi connectivity index (χ2n) is 5.90. The van der Waals surface area contributed by atoms with Crippen LogP contribution in [0.25, 0.3) is 0 Å². The first-order valence-electron chi connectivity index (χ1n) is 6.50. The largest absolute Gasteiger partial charge is 0.387 e. The Balaban J connectivity index is 1.82. The van der Waals surface area contributed by atoms with Crippen LogP contribution in [0.15, 0.2) is 0 Å². The molecule has 2 fully saturated rings. The van der Waals surface area contributed by atoms with Crippen LogP contribution in [-0.2, 0) is 0 Å². The van der Waals surface area contributed by atoms with E-state index in [0.29, 0.717) is 0 Å². The van der Waals surface area contributed by atoms with Crippen LogP contribution >= 0.6 is 0 Å². The highest BCUT2D eigenvalue weighted by Gasteiger charge is 2.43. The molecule has 3 unspecified atom stereocenters. The van der Waals surface area contributed by atoms with Crippen molar-refractivity contribution in [3.8, 4) is 0 Å². The third-order valence-electron chi connectivity index (χ3n) is 4.74. The predicted molar refractivity (Wildman–Crippen MR) is 62.8 cm³/mol. The van der Waals surface area contributed by atoms with Gasteiger partial charge in [0.05, 0.1) is 5.60 Å². The predicted octanol–water partition coefficient (Wildman–Crippen LogP) is 2.27. The van der Waals surface area contributed by atoms with Crippen molar-refractivity contribution in [2.75, 3.05) is 13.1 Å². The van der Waals surface area contributed by atoms with Gasteiger partial charge in [-0.15, -0.1) is 0 Å². The second kappa shape index (κ2) is 4.06. The summed E-state index contributed by atoms with van der Waals surface area (Å²) < 4.78 is 0. The summed E-state index contributed by atoms with van der Waals surface area (Å²) in [6.45, 7) is 8.66. The first-order valence-corrected chi connectivity index (χ1v) is 6.50. The summed E-state index contributed by atoms with van der Waals surface area (Å²) in [5, 5.41) is 10.00. The molecule has 1 saturated carbocycles. The first-order chi connectivity index (χ1) is 7.04. The van der Waals surface area contributed by atoms with Gasteiger partial charge in [0, 0.05) is 19.1 Å². The molecule has 1 heterocycles. The van der Waals surface area contributed by atoms with Crippen molar-refractivity contribution in [2.24, 2.45) is 11.8 Å². The Labute approximate surface area is 93.7 Å². The van der Waals surface area contributed by atoms with Gasteiger partial charge in [0.1, 0.15) is 0 Å². The van der Waals surface area contributed by atoms with Crippen molar-refractivity contribution < 1.29 is 5.11 Å². The van der Waals surface area contributed by atoms with E-state index in [4.69, 9.17) is 0 Å². The number of hydrogen-bond donors (Lipinski definition) is 1. The average molecular weight is 211 g/mol. The Hall–Kier alpha value is -0.0800. The quantitative estimate of drug-likeness (QED) is 0.757. The van der Waals surface area contributed by atoms with E-state index in [1.165, 1.54) is 19.3 Å². The van der Waals surface area contributed by atoms with E-state index in [2.05, 4.69) is 25.7 Å². The molecule has 0 spiro atoms. The Bertz CT molecular complexity index is 223. The van der Waals surface area contributed by atoms with Crippen LogP contribution in [0, 0.1) is 11.8 Å². The van der Waals surface area contributed by atoms with E-state index in [0.717, 1.165) is 37.4 Å². The standard InChI is InChI=1S/C13H25NO/c1-4-13(15)8-14(9-13)12-6-5-10(2)11(3)7-12/h10-12,15H,4-9H2,1-3H3. The summed E-state index contributed by atoms with van der Waals surface area (Å²) in [4.78, 5) is 2.49. The van der Waals surface area contributed by atoms with Gasteiger partial charge in [-0.05, 0) is 37.5 Å². The highest BCUT2D eigenvalue weighted by Crippen LogP contribution is 2.36. The molecule has 15 heavy (non-hydrogen) atoms. The summed E-state index contributed by atoms with van der Waals surface area (Å²) in [7, 11) is 0. The Morgan fingerprint density at radius 2 is 1.87 bits per heavy atom. The van der Waals surface area contributed by atoms with Crippen LogP contribution in [0.1, 0.15) is 46.5 Å². The fourth-order valence-electron chi connectivity index (χ4n) is 3.04. The van der Waals surface area contributed by atoms with Crippen LogP contribution in [-0.4, -0.2) is 34.7 Å². The minimum absolute atomic E-state index is 0.355. The van der Waals surface area contributed by atoms with Gasteiger partial charge >= 0.3 is 0 Å². The third kappa shape index (κ3) is 2.21. The zero-order valence-corrected chi connectivity index (χ0v) is 10.4. The molecule has 1 aliphatic heterocycles. The van der Waals surface area contributed by atoms with E-state index in [1.807, 2.05) is 0 Å². The van der Waals surface area contributed by atoms with Gasteiger partial charge in [-0.1, -0.05) is 20.8 Å². The molecule has 0 aromatic carbocycles. The van der Waals surface area contributed by atoms with Gasteiger partial charge in [0.2, 0.25) is 0 Å². The number of likely N-dealkylation sites (tertiary alicyclic amines) is 1. The molecule has 1 N–H and O–H groups in total. The maximum absolute atomic E-state index is 10.00. The Morgan fingerprint density at radius 1 is 1.20 bits per heavy atom. The molecule has 1 aliphatic carbocycles. The van der Waals surface area contributed by atoms with E-state index in [-0.39, 0.29) is 5.60 Å². The normalized spacial score (nSPS) is 41.2. The van der Waals surface area contributed by atoms with Gasteiger partial charge in [0.25, 0.3) is 0 Å². The van der Waals surface area contributed by atoms with E-state index >= 15 is 0 Å². The zero-order chi connectivity index (χ0) is 11.1. The van der Waals surface area contributed by atoms with Crippen molar-refractivity contribution in [1.82, 2.24) is 4.90 Å². The van der Waals surface area contributed by atoms with Crippen LogP contribution in [0.2, 0.25) is 0 Å². The minimum atomic E-state index is -0.355. The van der Waals surface area contributed by atoms with Crippen LogP contribution in [0.3, 0.4) is 0 Å².